The second-order valence-electron chi connectivity index (χ2n) is 19.3. The van der Waals surface area contributed by atoms with Crippen molar-refractivity contribution >= 4 is 51.4 Å². The maximum atomic E-state index is 14.3. The fourth-order valence-electron chi connectivity index (χ4n) is 6.00. The molecule has 2 amide bonds. The van der Waals surface area contributed by atoms with Crippen LogP contribution in [0.5, 0.6) is 0 Å². The van der Waals surface area contributed by atoms with Crippen LogP contribution in [0.25, 0.3) is 0 Å². The Morgan fingerprint density at radius 2 is 1.69 bits per heavy atom. The third kappa shape index (κ3) is 15.0. The summed E-state index contributed by atoms with van der Waals surface area (Å²) in [5, 5.41) is 5.92. The van der Waals surface area contributed by atoms with Gasteiger partial charge in [-0.3, -0.25) is 14.4 Å². The van der Waals surface area contributed by atoms with Gasteiger partial charge < -0.3 is 29.0 Å². The van der Waals surface area contributed by atoms with Gasteiger partial charge in [-0.2, -0.15) is 0 Å². The lowest BCUT2D eigenvalue weighted by atomic mass is 9.94. The molecule has 2 aromatic rings. The summed E-state index contributed by atoms with van der Waals surface area (Å²) in [7, 11) is -4.72. The van der Waals surface area contributed by atoms with Crippen LogP contribution in [0.1, 0.15) is 97.7 Å². The molecule has 0 radical (unpaired) electrons. The van der Waals surface area contributed by atoms with Gasteiger partial charge >= 0.3 is 12.1 Å². The zero-order valence-corrected chi connectivity index (χ0v) is 39.8. The standard InChI is InChI=1S/C43H67N5O9Si2/c1-27(2)37-29(4)18-19-34(50)44-20-16-17-28(3)21-32(57-59(14,15)43(8,9)10)23-31(49)24-35-47-36(40(54-35)58(11,12)13)38(51)46-33(39(52)55-37)22-30-25-48(26-45-30)41(53)56-42(5,6)7/h16-19,21,25-27,29,32-33,37H,20,22-24H2,1-15H3,(H,44,50)(H,46,51)/b17-16+,19-18+,28-21+/t29-,32?,33?,37-/m1/s1. The summed E-state index contributed by atoms with van der Waals surface area (Å²) in [5.41, 5.74) is 0.407. The molecule has 2 unspecified atom stereocenters. The average Bonchev–Trinajstić information content (AvgIpc) is 3.73. The Bertz CT molecular complexity index is 1920. The molecule has 3 heterocycles. The largest absolute Gasteiger partial charge is 0.460 e. The van der Waals surface area contributed by atoms with Gasteiger partial charge in [0.25, 0.3) is 5.91 Å². The van der Waals surface area contributed by atoms with Crippen molar-refractivity contribution in [2.75, 3.05) is 6.54 Å². The second-order valence-corrected chi connectivity index (χ2v) is 29.0. The highest BCUT2D eigenvalue weighted by Gasteiger charge is 2.40. The summed E-state index contributed by atoms with van der Waals surface area (Å²) in [6.07, 6.45) is 9.30. The molecule has 0 aromatic carbocycles. The van der Waals surface area contributed by atoms with Gasteiger partial charge in [0.1, 0.15) is 43.3 Å². The summed E-state index contributed by atoms with van der Waals surface area (Å²) in [5.74, 6) is -2.42. The number of esters is 1. The third-order valence-corrected chi connectivity index (χ3v) is 16.2. The van der Waals surface area contributed by atoms with Crippen molar-refractivity contribution < 1.29 is 42.3 Å². The lowest BCUT2D eigenvalue weighted by molar-refractivity contribution is -0.155. The minimum Gasteiger partial charge on any atom is -0.460 e. The Morgan fingerprint density at radius 1 is 1.03 bits per heavy atom. The van der Waals surface area contributed by atoms with E-state index in [2.05, 4.69) is 54.5 Å². The predicted octanol–water partition coefficient (Wildman–Crippen LogP) is 6.83. The van der Waals surface area contributed by atoms with Crippen molar-refractivity contribution in [1.29, 1.82) is 0 Å². The summed E-state index contributed by atoms with van der Waals surface area (Å²) in [6, 6.07) is -1.28. The van der Waals surface area contributed by atoms with E-state index in [1.54, 1.807) is 26.8 Å². The van der Waals surface area contributed by atoms with Crippen molar-refractivity contribution in [3.05, 3.63) is 65.8 Å². The fourth-order valence-corrected chi connectivity index (χ4v) is 8.56. The highest BCUT2D eigenvalue weighted by atomic mass is 28.4. The Hall–Kier alpha value is -4.42. The van der Waals surface area contributed by atoms with Gasteiger partial charge in [0.05, 0.1) is 18.2 Å². The molecule has 0 fully saturated rings. The normalized spacial score (nSPS) is 23.4. The molecule has 326 valence electrons. The molecule has 0 saturated carbocycles. The number of imidazole rings is 1. The zero-order valence-electron chi connectivity index (χ0n) is 37.8. The molecule has 0 saturated heterocycles. The molecule has 14 nitrogen and oxygen atoms in total. The minimum atomic E-state index is -2.40. The van der Waals surface area contributed by atoms with Crippen LogP contribution in [-0.4, -0.2) is 91.0 Å². The van der Waals surface area contributed by atoms with Crippen LogP contribution in [0.3, 0.4) is 0 Å². The minimum absolute atomic E-state index is 0.0138. The van der Waals surface area contributed by atoms with Crippen molar-refractivity contribution in [3.63, 3.8) is 0 Å². The highest BCUT2D eigenvalue weighted by molar-refractivity contribution is 6.88. The number of carbonyl (C=O) groups is 5. The first-order valence-corrected chi connectivity index (χ1v) is 26.8. The molecule has 2 bridgehead atoms. The molecule has 0 aliphatic carbocycles. The van der Waals surface area contributed by atoms with Gasteiger partial charge in [-0.25, -0.2) is 24.1 Å². The third-order valence-electron chi connectivity index (χ3n) is 10.0. The van der Waals surface area contributed by atoms with E-state index in [0.717, 1.165) is 5.57 Å². The van der Waals surface area contributed by atoms with Crippen LogP contribution in [0.4, 0.5) is 4.79 Å². The van der Waals surface area contributed by atoms with E-state index in [-0.39, 0.29) is 66.0 Å². The Labute approximate surface area is 352 Å². The van der Waals surface area contributed by atoms with Gasteiger partial charge in [-0.15, -0.1) is 0 Å². The van der Waals surface area contributed by atoms with Gasteiger partial charge in [-0.05, 0) is 57.8 Å². The van der Waals surface area contributed by atoms with E-state index in [4.69, 9.17) is 18.3 Å². The number of cyclic esters (lactones) is 1. The number of ketones is 1. The lowest BCUT2D eigenvalue weighted by Gasteiger charge is -2.38. The Balaban J connectivity index is 2.11. The van der Waals surface area contributed by atoms with E-state index in [9.17, 15) is 24.0 Å². The van der Waals surface area contributed by atoms with E-state index >= 15 is 0 Å². The number of amides is 2. The van der Waals surface area contributed by atoms with Crippen LogP contribution in [0.15, 0.2) is 52.9 Å². The maximum absolute atomic E-state index is 14.3. The number of ether oxygens (including phenoxy) is 2. The molecular formula is C43H67N5O9Si2. The van der Waals surface area contributed by atoms with Crippen LogP contribution >= 0.6 is 0 Å². The summed E-state index contributed by atoms with van der Waals surface area (Å²) in [4.78, 5) is 76.7. The molecule has 4 atom stereocenters. The molecule has 2 aromatic heterocycles. The Kier molecular flexibility index (Phi) is 16.4. The lowest BCUT2D eigenvalue weighted by Crippen LogP contribution is -2.48. The number of hydrogen-bond donors (Lipinski definition) is 2. The van der Waals surface area contributed by atoms with Gasteiger partial charge in [-0.1, -0.05) is 91.1 Å². The number of nitrogens with zero attached hydrogens (tertiary/aromatic N) is 3. The number of allylic oxidation sites excluding steroid dienone is 2. The molecule has 3 rings (SSSR count). The van der Waals surface area contributed by atoms with E-state index in [0.29, 0.717) is 11.1 Å². The van der Waals surface area contributed by atoms with Crippen LogP contribution < -0.4 is 16.0 Å². The number of aromatic nitrogens is 3. The van der Waals surface area contributed by atoms with E-state index in [1.165, 1.54) is 23.2 Å². The SMILES string of the molecule is CC1=C\C(O[Si](C)(C)C(C)(C)C)CC(=O)Cc2nc(c([Si](C)(C)C)o2)C(=O)NC(Cc2cn(C(=O)OC(C)(C)C)cn2)C(=O)O[C@H](C(C)C)[C@H](C)/C=C/C(=O)NC\C=C\1. The average molecular weight is 854 g/mol. The van der Waals surface area contributed by atoms with Gasteiger partial charge in [0, 0.05) is 31.5 Å². The predicted molar refractivity (Wildman–Crippen MR) is 233 cm³/mol. The topological polar surface area (TPSA) is 181 Å². The molecule has 0 spiro atoms. The molecule has 1 aliphatic heterocycles. The number of carbonyl (C=O) groups excluding carboxylic acids is 5. The molecule has 2 N–H and O–H groups in total. The van der Waals surface area contributed by atoms with Crippen molar-refractivity contribution in [2.24, 2.45) is 11.8 Å². The van der Waals surface area contributed by atoms with Crippen molar-refractivity contribution in [2.45, 2.75) is 150 Å². The van der Waals surface area contributed by atoms with E-state index in [1.807, 2.05) is 65.6 Å². The van der Waals surface area contributed by atoms with E-state index < -0.39 is 58.2 Å². The van der Waals surface area contributed by atoms with Gasteiger partial charge in [0.2, 0.25) is 11.8 Å². The number of nitrogens with one attached hydrogen (secondary N) is 2. The summed E-state index contributed by atoms with van der Waals surface area (Å²) >= 11 is 0. The number of fused-ring (bicyclic) bond motifs is 2. The van der Waals surface area contributed by atoms with Crippen LogP contribution in [-0.2, 0) is 41.1 Å². The van der Waals surface area contributed by atoms with Crippen molar-refractivity contribution in [3.8, 4) is 0 Å². The number of oxazole rings is 1. The second kappa shape index (κ2) is 19.8. The number of hydrogen-bond acceptors (Lipinski definition) is 11. The van der Waals surface area contributed by atoms with Crippen molar-refractivity contribution in [1.82, 2.24) is 25.2 Å². The van der Waals surface area contributed by atoms with Crippen LogP contribution in [0, 0.1) is 11.8 Å². The molecule has 16 heteroatoms. The quantitative estimate of drug-likeness (QED) is 0.230. The summed E-state index contributed by atoms with van der Waals surface area (Å²) in [6.45, 7) is 29.7. The monoisotopic (exact) mass is 853 g/mol. The first kappa shape index (κ1) is 48.9. The summed E-state index contributed by atoms with van der Waals surface area (Å²) < 4.78 is 25.7. The van der Waals surface area contributed by atoms with Crippen LogP contribution in [0.2, 0.25) is 37.8 Å². The molecule has 1 aliphatic rings. The smallest absolute Gasteiger partial charge is 0.419 e. The number of Topliss-reactive ketones (excluding diaryl/α,β-unsaturated/α-hetero) is 1. The number of rotatable bonds is 6. The zero-order chi connectivity index (χ0) is 44.7. The Morgan fingerprint density at radius 3 is 2.29 bits per heavy atom. The first-order chi connectivity index (χ1) is 27.1. The molecular weight excluding hydrogens is 787 g/mol. The molecule has 59 heavy (non-hydrogen) atoms. The van der Waals surface area contributed by atoms with Gasteiger partial charge in [0.15, 0.2) is 14.0 Å². The first-order valence-electron chi connectivity index (χ1n) is 20.3. The highest BCUT2D eigenvalue weighted by Crippen LogP contribution is 2.38. The maximum Gasteiger partial charge on any atom is 0.419 e. The fraction of sp³-hybridized carbons (Fsp3) is 0.605.